The van der Waals surface area contributed by atoms with Crippen molar-refractivity contribution in [1.29, 1.82) is 0 Å². The van der Waals surface area contributed by atoms with Gasteiger partial charge in [-0.25, -0.2) is 0 Å². The van der Waals surface area contributed by atoms with Gasteiger partial charge in [0.1, 0.15) is 5.75 Å². The lowest BCUT2D eigenvalue weighted by atomic mass is 9.93. The van der Waals surface area contributed by atoms with Crippen LogP contribution in [0.1, 0.15) is 35.6 Å². The SMILES string of the molecule is Cc1ccc(C2=CC3c4cc(Br)ccc4OC4(CCN(C)CC4)N3N2)cc1. The molecule has 0 aromatic heterocycles. The number of ether oxygens (including phenoxy) is 1. The fourth-order valence-corrected chi connectivity index (χ4v) is 4.73. The third kappa shape index (κ3) is 2.89. The van der Waals surface area contributed by atoms with Crippen LogP contribution < -0.4 is 10.2 Å². The van der Waals surface area contributed by atoms with E-state index in [0.717, 1.165) is 41.9 Å². The number of hydrogen-bond acceptors (Lipinski definition) is 4. The second kappa shape index (κ2) is 6.36. The van der Waals surface area contributed by atoms with Crippen LogP contribution in [0.3, 0.4) is 0 Å². The summed E-state index contributed by atoms with van der Waals surface area (Å²) in [5.41, 5.74) is 8.26. The normalized spacial score (nSPS) is 24.0. The monoisotopic (exact) mass is 425 g/mol. The summed E-state index contributed by atoms with van der Waals surface area (Å²) in [7, 11) is 2.19. The summed E-state index contributed by atoms with van der Waals surface area (Å²) < 4.78 is 7.75. The number of hydrazine groups is 1. The van der Waals surface area contributed by atoms with Crippen LogP contribution in [0.25, 0.3) is 5.70 Å². The van der Waals surface area contributed by atoms with Gasteiger partial charge in [-0.05, 0) is 43.8 Å². The Bertz CT molecular complexity index is 900. The van der Waals surface area contributed by atoms with E-state index < -0.39 is 0 Å². The second-order valence-electron chi connectivity index (χ2n) is 7.91. The number of nitrogens with zero attached hydrogens (tertiary/aromatic N) is 2. The third-order valence-corrected chi connectivity index (χ3v) is 6.50. The summed E-state index contributed by atoms with van der Waals surface area (Å²) >= 11 is 3.63. The predicted octanol–water partition coefficient (Wildman–Crippen LogP) is 4.47. The number of halogens is 1. The van der Waals surface area contributed by atoms with E-state index in [1.165, 1.54) is 16.7 Å². The molecular weight excluding hydrogens is 402 g/mol. The molecule has 0 amide bonds. The van der Waals surface area contributed by atoms with Gasteiger partial charge in [-0.1, -0.05) is 45.8 Å². The molecule has 5 rings (SSSR count). The maximum absolute atomic E-state index is 6.66. The molecule has 0 saturated carbocycles. The molecule has 27 heavy (non-hydrogen) atoms. The summed E-state index contributed by atoms with van der Waals surface area (Å²) in [6, 6.07) is 15.3. The van der Waals surface area contributed by atoms with E-state index in [2.05, 4.69) is 93.8 Å². The van der Waals surface area contributed by atoms with Crippen LogP contribution in [0.4, 0.5) is 0 Å². The Hall–Kier alpha value is -1.82. The minimum absolute atomic E-state index is 0.172. The van der Waals surface area contributed by atoms with E-state index in [0.29, 0.717) is 0 Å². The Morgan fingerprint density at radius 1 is 1.11 bits per heavy atom. The zero-order valence-electron chi connectivity index (χ0n) is 15.7. The number of hydrogen-bond donors (Lipinski definition) is 1. The largest absolute Gasteiger partial charge is 0.470 e. The van der Waals surface area contributed by atoms with Crippen LogP contribution in [0.2, 0.25) is 0 Å². The maximum atomic E-state index is 6.66. The standard InChI is InChI=1S/C22H24BrN3O/c1-15-3-5-16(6-4-15)19-14-20-18-13-17(23)7-8-21(18)27-22(26(20)24-19)9-11-25(2)12-10-22/h3-8,13-14,20,24H,9-12H2,1-2H3. The summed E-state index contributed by atoms with van der Waals surface area (Å²) in [5.74, 6) is 1.01. The van der Waals surface area contributed by atoms with Crippen molar-refractivity contribution in [3.05, 3.63) is 69.7 Å². The average Bonchev–Trinajstić information content (AvgIpc) is 3.12. The van der Waals surface area contributed by atoms with E-state index in [1.807, 2.05) is 0 Å². The van der Waals surface area contributed by atoms with E-state index in [4.69, 9.17) is 4.74 Å². The molecular formula is C22H24BrN3O. The first-order valence-electron chi connectivity index (χ1n) is 9.56. The molecule has 5 heteroatoms. The molecule has 2 aromatic carbocycles. The molecule has 1 fully saturated rings. The first-order chi connectivity index (χ1) is 13.0. The van der Waals surface area contributed by atoms with E-state index in [-0.39, 0.29) is 11.8 Å². The Morgan fingerprint density at radius 3 is 2.59 bits per heavy atom. The van der Waals surface area contributed by atoms with Gasteiger partial charge in [-0.15, -0.1) is 0 Å². The molecule has 2 aromatic rings. The molecule has 0 bridgehead atoms. The van der Waals surface area contributed by atoms with E-state index in [1.54, 1.807) is 0 Å². The molecule has 4 nitrogen and oxygen atoms in total. The van der Waals surface area contributed by atoms with Crippen molar-refractivity contribution in [3.8, 4) is 5.75 Å². The molecule has 3 aliphatic heterocycles. The summed E-state index contributed by atoms with van der Waals surface area (Å²) in [6.45, 7) is 4.20. The number of benzene rings is 2. The molecule has 0 radical (unpaired) electrons. The van der Waals surface area contributed by atoms with Crippen LogP contribution >= 0.6 is 15.9 Å². The van der Waals surface area contributed by atoms with Crippen LogP contribution in [-0.2, 0) is 0 Å². The minimum atomic E-state index is -0.305. The molecule has 1 atom stereocenters. The first kappa shape index (κ1) is 17.3. The highest BCUT2D eigenvalue weighted by molar-refractivity contribution is 9.10. The fraction of sp³-hybridized carbons (Fsp3) is 0.364. The maximum Gasteiger partial charge on any atom is 0.182 e. The van der Waals surface area contributed by atoms with Gasteiger partial charge in [0.05, 0.1) is 11.7 Å². The molecule has 140 valence electrons. The Labute approximate surface area is 168 Å². The van der Waals surface area contributed by atoms with Crippen molar-refractivity contribution in [1.82, 2.24) is 15.3 Å². The quantitative estimate of drug-likeness (QED) is 0.728. The van der Waals surface area contributed by atoms with Crippen molar-refractivity contribution in [2.75, 3.05) is 20.1 Å². The number of likely N-dealkylation sites (tertiary alicyclic amines) is 1. The topological polar surface area (TPSA) is 27.7 Å². The van der Waals surface area contributed by atoms with Gasteiger partial charge in [0.2, 0.25) is 0 Å². The Balaban J connectivity index is 1.58. The second-order valence-corrected chi connectivity index (χ2v) is 8.82. The molecule has 1 N–H and O–H groups in total. The van der Waals surface area contributed by atoms with Crippen LogP contribution in [0, 0.1) is 6.92 Å². The van der Waals surface area contributed by atoms with Gasteiger partial charge in [0, 0.05) is 36.0 Å². The fourth-order valence-electron chi connectivity index (χ4n) is 4.36. The Kier molecular flexibility index (Phi) is 4.08. The lowest BCUT2D eigenvalue weighted by Crippen LogP contribution is -2.63. The van der Waals surface area contributed by atoms with Gasteiger partial charge in [0.15, 0.2) is 5.72 Å². The molecule has 3 heterocycles. The molecule has 0 aliphatic carbocycles. The number of aryl methyl sites for hydroxylation is 1. The van der Waals surface area contributed by atoms with E-state index >= 15 is 0 Å². The van der Waals surface area contributed by atoms with Gasteiger partial charge in [-0.2, -0.15) is 5.01 Å². The number of nitrogens with one attached hydrogen (secondary N) is 1. The first-order valence-corrected chi connectivity index (χ1v) is 10.4. The molecule has 1 spiro atoms. The van der Waals surface area contributed by atoms with Crippen LogP contribution in [0.5, 0.6) is 5.75 Å². The highest BCUT2D eigenvalue weighted by Gasteiger charge is 2.51. The lowest BCUT2D eigenvalue weighted by Gasteiger charge is -2.51. The van der Waals surface area contributed by atoms with Crippen molar-refractivity contribution < 1.29 is 4.74 Å². The summed E-state index contributed by atoms with van der Waals surface area (Å²) in [6.07, 6.45) is 4.31. The molecule has 3 aliphatic rings. The van der Waals surface area contributed by atoms with Gasteiger partial charge in [-0.3, -0.25) is 0 Å². The van der Waals surface area contributed by atoms with Gasteiger partial charge < -0.3 is 15.1 Å². The number of rotatable bonds is 1. The zero-order chi connectivity index (χ0) is 18.6. The predicted molar refractivity (Wildman–Crippen MR) is 111 cm³/mol. The molecule has 1 saturated heterocycles. The summed E-state index contributed by atoms with van der Waals surface area (Å²) in [4.78, 5) is 2.38. The third-order valence-electron chi connectivity index (χ3n) is 6.00. The van der Waals surface area contributed by atoms with Gasteiger partial charge >= 0.3 is 0 Å². The van der Waals surface area contributed by atoms with Crippen LogP contribution in [-0.4, -0.2) is 35.8 Å². The van der Waals surface area contributed by atoms with Crippen LogP contribution in [0.15, 0.2) is 53.0 Å². The van der Waals surface area contributed by atoms with Crippen molar-refractivity contribution >= 4 is 21.6 Å². The van der Waals surface area contributed by atoms with Crippen molar-refractivity contribution in [2.24, 2.45) is 0 Å². The smallest absolute Gasteiger partial charge is 0.182 e. The van der Waals surface area contributed by atoms with Crippen molar-refractivity contribution in [2.45, 2.75) is 31.5 Å². The number of piperidine rings is 1. The van der Waals surface area contributed by atoms with Gasteiger partial charge in [0.25, 0.3) is 0 Å². The molecule has 1 unspecified atom stereocenters. The number of fused-ring (bicyclic) bond motifs is 4. The highest BCUT2D eigenvalue weighted by Crippen LogP contribution is 2.48. The summed E-state index contributed by atoms with van der Waals surface area (Å²) in [5, 5.41) is 2.35. The zero-order valence-corrected chi connectivity index (χ0v) is 17.3. The average molecular weight is 426 g/mol. The van der Waals surface area contributed by atoms with Crippen molar-refractivity contribution in [3.63, 3.8) is 0 Å². The Morgan fingerprint density at radius 2 is 1.85 bits per heavy atom. The lowest BCUT2D eigenvalue weighted by molar-refractivity contribution is -0.157. The highest BCUT2D eigenvalue weighted by atomic mass is 79.9. The minimum Gasteiger partial charge on any atom is -0.470 e. The van der Waals surface area contributed by atoms with E-state index in [9.17, 15) is 0 Å².